The van der Waals surface area contributed by atoms with E-state index < -0.39 is 41.8 Å². The average Bonchev–Trinajstić information content (AvgIpc) is 3.55. The zero-order valence-electron chi connectivity index (χ0n) is 29.3. The number of nitrogens with one attached hydrogen (secondary N) is 6. The van der Waals surface area contributed by atoms with Crippen LogP contribution in [-0.2, 0) is 43.0 Å². The highest BCUT2D eigenvalue weighted by Crippen LogP contribution is 2.18. The number of carbonyl (C=O) groups is 7. The minimum atomic E-state index is -0.842. The van der Waals surface area contributed by atoms with Crippen LogP contribution in [0.3, 0.4) is 0 Å². The summed E-state index contributed by atoms with van der Waals surface area (Å²) in [6, 6.07) is -2.44. The van der Waals surface area contributed by atoms with Crippen LogP contribution in [0.5, 0.6) is 0 Å². The molecule has 0 aromatic carbocycles. The van der Waals surface area contributed by atoms with Crippen molar-refractivity contribution in [2.75, 3.05) is 59.2 Å². The Morgan fingerprint density at radius 1 is 0.857 bits per heavy atom. The number of nitrogens with zero attached hydrogens (tertiary/aromatic N) is 1. The summed E-state index contributed by atoms with van der Waals surface area (Å²) in [5.74, 6) is -2.56. The van der Waals surface area contributed by atoms with E-state index in [1.54, 1.807) is 6.92 Å². The number of ether oxygens (including phenoxy) is 2. The molecule has 3 atom stereocenters. The Labute approximate surface area is 288 Å². The van der Waals surface area contributed by atoms with E-state index in [9.17, 15) is 33.6 Å². The van der Waals surface area contributed by atoms with Gasteiger partial charge in [-0.1, -0.05) is 27.0 Å². The van der Waals surface area contributed by atoms with Gasteiger partial charge in [0.25, 0.3) is 0 Å². The summed E-state index contributed by atoms with van der Waals surface area (Å²) in [7, 11) is 0. The van der Waals surface area contributed by atoms with Crippen molar-refractivity contribution in [2.24, 2.45) is 5.92 Å². The topological polar surface area (TPSA) is 213 Å². The number of hydrogen-bond acceptors (Lipinski definition) is 9. The molecule has 1 aliphatic heterocycles. The molecule has 0 aromatic heterocycles. The van der Waals surface area contributed by atoms with Gasteiger partial charge in [-0.2, -0.15) is 0 Å². The van der Waals surface area contributed by atoms with Crippen LogP contribution in [0, 0.1) is 5.92 Å². The number of hydrogen-bond donors (Lipinski definition) is 6. The molecule has 1 saturated heterocycles. The minimum Gasteiger partial charge on any atom is -0.377 e. The highest BCUT2D eigenvalue weighted by molar-refractivity contribution is 5.96. The van der Waals surface area contributed by atoms with Gasteiger partial charge in [-0.05, 0) is 57.9 Å². The second-order valence-corrected chi connectivity index (χ2v) is 12.1. The second-order valence-electron chi connectivity index (χ2n) is 12.1. The summed E-state index contributed by atoms with van der Waals surface area (Å²) in [4.78, 5) is 87.5. The molecule has 1 aliphatic rings. The Balaban J connectivity index is 2.37. The molecule has 7 amide bonds. The van der Waals surface area contributed by atoms with Gasteiger partial charge in [0.15, 0.2) is 0 Å². The number of amides is 7. The molecule has 1 fully saturated rings. The third kappa shape index (κ3) is 18.1. The van der Waals surface area contributed by atoms with Gasteiger partial charge in [-0.3, -0.25) is 33.6 Å². The van der Waals surface area contributed by atoms with Gasteiger partial charge in [0, 0.05) is 31.8 Å². The van der Waals surface area contributed by atoms with Crippen molar-refractivity contribution in [1.82, 2.24) is 36.8 Å². The summed E-state index contributed by atoms with van der Waals surface area (Å²) >= 11 is 0. The number of likely N-dealkylation sites (tertiary alicyclic amines) is 1. The molecule has 16 nitrogen and oxygen atoms in total. The molecular weight excluding hydrogens is 638 g/mol. The van der Waals surface area contributed by atoms with E-state index in [2.05, 4.69) is 45.1 Å². The maximum atomic E-state index is 12.9. The summed E-state index contributed by atoms with van der Waals surface area (Å²) in [6.07, 6.45) is 3.72. The summed E-state index contributed by atoms with van der Waals surface area (Å²) in [6.45, 7) is 15.5. The van der Waals surface area contributed by atoms with E-state index in [1.165, 1.54) is 11.8 Å². The first-order chi connectivity index (χ1) is 23.3. The van der Waals surface area contributed by atoms with Crippen molar-refractivity contribution >= 4 is 41.4 Å². The van der Waals surface area contributed by atoms with Crippen molar-refractivity contribution in [1.29, 1.82) is 0 Å². The molecular formula is C33H55N7O9. The molecule has 1 heterocycles. The molecule has 0 aromatic rings. The smallest absolute Gasteiger partial charge is 0.246 e. The van der Waals surface area contributed by atoms with Gasteiger partial charge in [-0.25, -0.2) is 0 Å². The lowest BCUT2D eigenvalue weighted by Crippen LogP contribution is -2.54. The molecule has 16 heteroatoms. The number of rotatable bonds is 24. The van der Waals surface area contributed by atoms with Gasteiger partial charge in [0.05, 0.1) is 26.4 Å². The Kier molecular flexibility index (Phi) is 20.9. The van der Waals surface area contributed by atoms with Crippen LogP contribution in [0.4, 0.5) is 0 Å². The van der Waals surface area contributed by atoms with Crippen LogP contribution < -0.4 is 31.9 Å². The first kappa shape index (κ1) is 42.7. The van der Waals surface area contributed by atoms with Gasteiger partial charge in [0.1, 0.15) is 24.7 Å². The summed E-state index contributed by atoms with van der Waals surface area (Å²) < 4.78 is 10.7. The zero-order chi connectivity index (χ0) is 36.8. The molecule has 0 spiro atoms. The Morgan fingerprint density at radius 2 is 1.55 bits per heavy atom. The van der Waals surface area contributed by atoms with E-state index in [-0.39, 0.29) is 63.2 Å². The van der Waals surface area contributed by atoms with Crippen molar-refractivity contribution in [3.05, 3.63) is 24.8 Å². The SMILES string of the molecule is C=CC(=O)N[C@@H](C)C(=O)N1CCC[C@H]1C(=O)NCC(=O)N[C@@H](CCC(C)C)C(=O)NCCOCCOCC(=O)NCCCNC(=O)C(=C)C. The predicted molar refractivity (Wildman–Crippen MR) is 182 cm³/mol. The first-order valence-corrected chi connectivity index (χ1v) is 16.7. The van der Waals surface area contributed by atoms with Crippen LogP contribution >= 0.6 is 0 Å². The zero-order valence-corrected chi connectivity index (χ0v) is 29.3. The van der Waals surface area contributed by atoms with Gasteiger partial charge >= 0.3 is 0 Å². The highest BCUT2D eigenvalue weighted by Gasteiger charge is 2.36. The molecule has 49 heavy (non-hydrogen) atoms. The van der Waals surface area contributed by atoms with E-state index in [0.717, 1.165) is 6.08 Å². The lowest BCUT2D eigenvalue weighted by atomic mass is 10.0. The second kappa shape index (κ2) is 23.9. The van der Waals surface area contributed by atoms with Gasteiger partial charge < -0.3 is 46.3 Å². The predicted octanol–water partition coefficient (Wildman–Crippen LogP) is -0.947. The lowest BCUT2D eigenvalue weighted by molar-refractivity contribution is -0.141. The summed E-state index contributed by atoms with van der Waals surface area (Å²) in [5.41, 5.74) is 0.422. The molecule has 6 N–H and O–H groups in total. The molecule has 0 radical (unpaired) electrons. The monoisotopic (exact) mass is 693 g/mol. The molecule has 276 valence electrons. The Morgan fingerprint density at radius 3 is 2.22 bits per heavy atom. The highest BCUT2D eigenvalue weighted by atomic mass is 16.5. The maximum absolute atomic E-state index is 12.9. The minimum absolute atomic E-state index is 0.137. The largest absolute Gasteiger partial charge is 0.377 e. The van der Waals surface area contributed by atoms with Crippen molar-refractivity contribution in [2.45, 2.75) is 77.9 Å². The van der Waals surface area contributed by atoms with Crippen LogP contribution in [0.15, 0.2) is 24.8 Å². The maximum Gasteiger partial charge on any atom is 0.246 e. The van der Waals surface area contributed by atoms with Crippen LogP contribution in [0.2, 0.25) is 0 Å². The van der Waals surface area contributed by atoms with E-state index in [0.29, 0.717) is 57.3 Å². The van der Waals surface area contributed by atoms with E-state index in [4.69, 9.17) is 9.47 Å². The fraction of sp³-hybridized carbons (Fsp3) is 0.667. The molecule has 0 bridgehead atoms. The van der Waals surface area contributed by atoms with E-state index >= 15 is 0 Å². The fourth-order valence-electron chi connectivity index (χ4n) is 4.66. The molecule has 1 rings (SSSR count). The van der Waals surface area contributed by atoms with Crippen LogP contribution in [-0.4, -0.2) is 124 Å². The number of carbonyl (C=O) groups excluding carboxylic acids is 7. The summed E-state index contributed by atoms with van der Waals surface area (Å²) in [5, 5.41) is 15.8. The lowest BCUT2D eigenvalue weighted by Gasteiger charge is -2.27. The molecule has 0 aliphatic carbocycles. The fourth-order valence-corrected chi connectivity index (χ4v) is 4.66. The first-order valence-electron chi connectivity index (χ1n) is 16.7. The molecule has 0 saturated carbocycles. The molecule has 0 unspecified atom stereocenters. The quantitative estimate of drug-likeness (QED) is 0.0543. The normalized spacial score (nSPS) is 15.0. The van der Waals surface area contributed by atoms with Crippen LogP contribution in [0.25, 0.3) is 0 Å². The standard InChI is InChI=1S/C33H55N7O9/c1-7-27(41)38-24(6)33(47)40-16-8-10-26(40)32(46)37-20-28(42)39-25(12-11-22(2)3)31(45)36-15-17-48-18-19-49-21-29(43)34-13-9-14-35-30(44)23(4)5/h7,22,24-26H,1,4,8-21H2,2-3,5-6H3,(H,34,43)(H,35,44)(H,36,45)(H,37,46)(H,38,41)(H,39,42)/t24-,25-,26-/m0/s1. The van der Waals surface area contributed by atoms with Crippen molar-refractivity contribution in [3.8, 4) is 0 Å². The Hall–Kier alpha value is -4.31. The van der Waals surface area contributed by atoms with Crippen LogP contribution in [0.1, 0.15) is 59.8 Å². The van der Waals surface area contributed by atoms with E-state index in [1.807, 2.05) is 13.8 Å². The Bertz CT molecular complexity index is 1160. The van der Waals surface area contributed by atoms with Gasteiger partial charge in [-0.15, -0.1) is 0 Å². The van der Waals surface area contributed by atoms with Crippen molar-refractivity contribution in [3.63, 3.8) is 0 Å². The van der Waals surface area contributed by atoms with Gasteiger partial charge in [0.2, 0.25) is 41.4 Å². The van der Waals surface area contributed by atoms with Crippen molar-refractivity contribution < 1.29 is 43.0 Å². The average molecular weight is 694 g/mol. The third-order valence-electron chi connectivity index (χ3n) is 7.36. The third-order valence-corrected chi connectivity index (χ3v) is 7.36.